The topological polar surface area (TPSA) is 71.5 Å². The van der Waals surface area contributed by atoms with Crippen molar-refractivity contribution in [3.8, 4) is 0 Å². The SMILES string of the molecule is O=S(=O)(c1ccccc1NCc1ccnc(N2CCOCC2)c1)C(F)(F)F. The van der Waals surface area contributed by atoms with E-state index in [1.54, 1.807) is 12.3 Å². The van der Waals surface area contributed by atoms with Crippen LogP contribution in [0.25, 0.3) is 0 Å². The lowest BCUT2D eigenvalue weighted by atomic mass is 10.2. The van der Waals surface area contributed by atoms with Crippen molar-refractivity contribution in [2.24, 2.45) is 0 Å². The third-order valence-electron chi connectivity index (χ3n) is 4.11. The second-order valence-electron chi connectivity index (χ2n) is 5.92. The van der Waals surface area contributed by atoms with Gasteiger partial charge in [-0.3, -0.25) is 0 Å². The molecule has 1 aliphatic rings. The zero-order valence-electron chi connectivity index (χ0n) is 14.2. The Hall–Kier alpha value is -2.33. The van der Waals surface area contributed by atoms with Crippen LogP contribution in [0.2, 0.25) is 0 Å². The molecule has 146 valence electrons. The van der Waals surface area contributed by atoms with Crippen LogP contribution in [0, 0.1) is 0 Å². The molecule has 0 aliphatic carbocycles. The molecular formula is C17H18F3N3O3S. The number of halogens is 3. The molecule has 0 spiro atoms. The van der Waals surface area contributed by atoms with E-state index in [-0.39, 0.29) is 12.2 Å². The highest BCUT2D eigenvalue weighted by atomic mass is 32.2. The quantitative estimate of drug-likeness (QED) is 0.831. The third kappa shape index (κ3) is 4.33. The molecule has 0 amide bonds. The lowest BCUT2D eigenvalue weighted by Gasteiger charge is -2.28. The average Bonchev–Trinajstić information content (AvgIpc) is 2.66. The second kappa shape index (κ2) is 7.73. The molecule has 2 heterocycles. The summed E-state index contributed by atoms with van der Waals surface area (Å²) >= 11 is 0. The molecule has 0 radical (unpaired) electrons. The summed E-state index contributed by atoms with van der Waals surface area (Å²) in [4.78, 5) is 5.56. The second-order valence-corrected chi connectivity index (χ2v) is 7.83. The standard InChI is InChI=1S/C17H18F3N3O3S/c18-17(19,20)27(24,25)15-4-2-1-3-14(15)22-12-13-5-6-21-16(11-13)23-7-9-26-10-8-23/h1-6,11,22H,7-10,12H2. The van der Waals surface area contributed by atoms with Gasteiger partial charge in [-0.25, -0.2) is 13.4 Å². The Labute approximate surface area is 154 Å². The van der Waals surface area contributed by atoms with E-state index < -0.39 is 20.2 Å². The lowest BCUT2D eigenvalue weighted by molar-refractivity contribution is -0.0435. The van der Waals surface area contributed by atoms with Crippen molar-refractivity contribution < 1.29 is 26.3 Å². The van der Waals surface area contributed by atoms with E-state index in [1.807, 2.05) is 6.07 Å². The summed E-state index contributed by atoms with van der Waals surface area (Å²) in [5, 5.41) is 2.79. The van der Waals surface area contributed by atoms with Gasteiger partial charge in [-0.2, -0.15) is 13.2 Å². The van der Waals surface area contributed by atoms with Crippen molar-refractivity contribution in [3.05, 3.63) is 48.2 Å². The Bertz CT molecular complexity index is 898. The first kappa shape index (κ1) is 19.4. The molecule has 6 nitrogen and oxygen atoms in total. The number of para-hydroxylation sites is 1. The number of pyridine rings is 1. The highest BCUT2D eigenvalue weighted by Gasteiger charge is 2.47. The third-order valence-corrected chi connectivity index (χ3v) is 5.65. The summed E-state index contributed by atoms with van der Waals surface area (Å²) in [6, 6.07) is 8.52. The van der Waals surface area contributed by atoms with E-state index in [0.717, 1.165) is 17.4 Å². The summed E-state index contributed by atoms with van der Waals surface area (Å²) < 4.78 is 67.4. The summed E-state index contributed by atoms with van der Waals surface area (Å²) in [5.41, 5.74) is -4.68. The molecule has 2 aromatic rings. The fourth-order valence-corrected chi connectivity index (χ4v) is 3.64. The fraction of sp³-hybridized carbons (Fsp3) is 0.353. The molecular weight excluding hydrogens is 383 g/mol. The van der Waals surface area contributed by atoms with Crippen LogP contribution in [0.15, 0.2) is 47.5 Å². The van der Waals surface area contributed by atoms with Gasteiger partial charge in [0.15, 0.2) is 0 Å². The Kier molecular flexibility index (Phi) is 5.56. The molecule has 1 N–H and O–H groups in total. The summed E-state index contributed by atoms with van der Waals surface area (Å²) in [6.07, 6.45) is 1.61. The number of rotatable bonds is 5. The minimum atomic E-state index is -5.43. The fourth-order valence-electron chi connectivity index (χ4n) is 2.70. The monoisotopic (exact) mass is 401 g/mol. The molecule has 0 saturated carbocycles. The summed E-state index contributed by atoms with van der Waals surface area (Å²) in [5.74, 6) is 0.744. The minimum Gasteiger partial charge on any atom is -0.380 e. The molecule has 1 fully saturated rings. The van der Waals surface area contributed by atoms with Crippen LogP contribution in [0.3, 0.4) is 0 Å². The average molecular weight is 401 g/mol. The van der Waals surface area contributed by atoms with Gasteiger partial charge in [-0.05, 0) is 29.8 Å². The van der Waals surface area contributed by atoms with Crippen molar-refractivity contribution in [3.63, 3.8) is 0 Å². The van der Waals surface area contributed by atoms with Gasteiger partial charge in [-0.1, -0.05) is 12.1 Å². The molecule has 1 saturated heterocycles. The number of nitrogens with one attached hydrogen (secondary N) is 1. The zero-order chi connectivity index (χ0) is 19.5. The number of sulfone groups is 1. The Morgan fingerprint density at radius 1 is 1.15 bits per heavy atom. The first-order valence-corrected chi connectivity index (χ1v) is 9.69. The molecule has 0 bridgehead atoms. The van der Waals surface area contributed by atoms with Gasteiger partial charge in [0.1, 0.15) is 5.82 Å². The molecule has 0 atom stereocenters. The number of aromatic nitrogens is 1. The van der Waals surface area contributed by atoms with Gasteiger partial charge in [0.25, 0.3) is 9.84 Å². The van der Waals surface area contributed by atoms with Crippen LogP contribution in [0.4, 0.5) is 24.7 Å². The van der Waals surface area contributed by atoms with E-state index in [9.17, 15) is 21.6 Å². The van der Waals surface area contributed by atoms with Crippen LogP contribution >= 0.6 is 0 Å². The highest BCUT2D eigenvalue weighted by Crippen LogP contribution is 2.34. The number of alkyl halides is 3. The number of nitrogens with zero attached hydrogens (tertiary/aromatic N) is 2. The normalized spacial score (nSPS) is 15.6. The Morgan fingerprint density at radius 3 is 2.56 bits per heavy atom. The van der Waals surface area contributed by atoms with Gasteiger partial charge in [0.05, 0.1) is 23.8 Å². The van der Waals surface area contributed by atoms with Gasteiger partial charge < -0.3 is 15.0 Å². The van der Waals surface area contributed by atoms with Crippen molar-refractivity contribution in [1.29, 1.82) is 0 Å². The molecule has 0 unspecified atom stereocenters. The van der Waals surface area contributed by atoms with Crippen molar-refractivity contribution in [2.75, 3.05) is 36.5 Å². The predicted molar refractivity (Wildman–Crippen MR) is 94.3 cm³/mol. The van der Waals surface area contributed by atoms with E-state index in [1.165, 1.54) is 18.2 Å². The minimum absolute atomic E-state index is 0.0976. The summed E-state index contributed by atoms with van der Waals surface area (Å²) in [7, 11) is -5.43. The van der Waals surface area contributed by atoms with Gasteiger partial charge in [-0.15, -0.1) is 0 Å². The van der Waals surface area contributed by atoms with Gasteiger partial charge in [0, 0.05) is 25.8 Å². The molecule has 1 aromatic carbocycles. The molecule has 1 aromatic heterocycles. The maximum Gasteiger partial charge on any atom is 0.501 e. The van der Waals surface area contributed by atoms with E-state index >= 15 is 0 Å². The lowest BCUT2D eigenvalue weighted by Crippen LogP contribution is -2.36. The number of morpholine rings is 1. The van der Waals surface area contributed by atoms with Crippen molar-refractivity contribution in [2.45, 2.75) is 16.9 Å². The maximum atomic E-state index is 12.9. The van der Waals surface area contributed by atoms with E-state index in [4.69, 9.17) is 4.74 Å². The first-order valence-electron chi connectivity index (χ1n) is 8.21. The molecule has 3 rings (SSSR count). The van der Waals surface area contributed by atoms with Crippen LogP contribution in [-0.4, -0.2) is 45.2 Å². The van der Waals surface area contributed by atoms with Crippen LogP contribution < -0.4 is 10.2 Å². The van der Waals surface area contributed by atoms with Crippen molar-refractivity contribution >= 4 is 21.3 Å². The zero-order valence-corrected chi connectivity index (χ0v) is 15.1. The Morgan fingerprint density at radius 2 is 1.85 bits per heavy atom. The maximum absolute atomic E-state index is 12.9. The van der Waals surface area contributed by atoms with Gasteiger partial charge in [0.2, 0.25) is 0 Å². The van der Waals surface area contributed by atoms with Crippen molar-refractivity contribution in [1.82, 2.24) is 4.98 Å². The number of benzene rings is 1. The molecule has 27 heavy (non-hydrogen) atoms. The smallest absolute Gasteiger partial charge is 0.380 e. The van der Waals surface area contributed by atoms with Crippen LogP contribution in [0.5, 0.6) is 0 Å². The predicted octanol–water partition coefficient (Wildman–Crippen LogP) is 2.82. The van der Waals surface area contributed by atoms with Gasteiger partial charge >= 0.3 is 5.51 Å². The largest absolute Gasteiger partial charge is 0.501 e. The number of hydrogen-bond donors (Lipinski definition) is 1. The van der Waals surface area contributed by atoms with Crippen LogP contribution in [-0.2, 0) is 21.1 Å². The molecule has 1 aliphatic heterocycles. The number of anilines is 2. The van der Waals surface area contributed by atoms with E-state index in [0.29, 0.717) is 26.3 Å². The number of hydrogen-bond acceptors (Lipinski definition) is 6. The Balaban J connectivity index is 1.78. The molecule has 10 heteroatoms. The number of ether oxygens (including phenoxy) is 1. The van der Waals surface area contributed by atoms with Crippen LogP contribution in [0.1, 0.15) is 5.56 Å². The summed E-state index contributed by atoms with van der Waals surface area (Å²) in [6.45, 7) is 2.77. The first-order chi connectivity index (χ1) is 12.8. The van der Waals surface area contributed by atoms with E-state index in [2.05, 4.69) is 15.2 Å². The highest BCUT2D eigenvalue weighted by molar-refractivity contribution is 7.92.